The molecule has 0 unspecified atom stereocenters. The minimum absolute atomic E-state index is 0.0533. The highest BCUT2D eigenvalue weighted by Crippen LogP contribution is 2.50. The largest absolute Gasteiger partial charge is 0.459 e. The standard InChI is InChI=1S/C17H14N2O2S/c1-19-13-10-6-5-9-12(13)17(15(19)20)14(21-16(22)18-17)11-7-3-2-4-8-11/h2-10,14H,1H3,(H,18,22)/t14-,17-/m0/s1. The Labute approximate surface area is 133 Å². The van der Waals surface area contributed by atoms with E-state index in [1.165, 1.54) is 0 Å². The highest BCUT2D eigenvalue weighted by Gasteiger charge is 2.60. The van der Waals surface area contributed by atoms with E-state index in [0.717, 1.165) is 16.8 Å². The van der Waals surface area contributed by atoms with Gasteiger partial charge in [-0.05, 0) is 23.8 Å². The van der Waals surface area contributed by atoms with Crippen LogP contribution in [0.4, 0.5) is 5.69 Å². The number of benzene rings is 2. The van der Waals surface area contributed by atoms with Gasteiger partial charge in [-0.2, -0.15) is 0 Å². The average Bonchev–Trinajstić information content (AvgIpc) is 3.01. The first-order chi connectivity index (χ1) is 10.6. The van der Waals surface area contributed by atoms with Crippen LogP contribution < -0.4 is 10.2 Å². The molecule has 2 aliphatic rings. The predicted octanol–water partition coefficient (Wildman–Crippen LogP) is 2.50. The van der Waals surface area contributed by atoms with Crippen LogP contribution in [-0.4, -0.2) is 18.1 Å². The molecule has 2 aromatic carbocycles. The summed E-state index contributed by atoms with van der Waals surface area (Å²) in [5, 5.41) is 3.39. The Morgan fingerprint density at radius 1 is 1.14 bits per heavy atom. The number of amides is 1. The molecule has 1 amide bonds. The van der Waals surface area contributed by atoms with Gasteiger partial charge in [0.15, 0.2) is 11.6 Å². The van der Waals surface area contributed by atoms with Crippen molar-refractivity contribution in [1.29, 1.82) is 0 Å². The maximum atomic E-state index is 13.0. The Morgan fingerprint density at radius 3 is 2.59 bits per heavy atom. The van der Waals surface area contributed by atoms with E-state index >= 15 is 0 Å². The van der Waals surface area contributed by atoms with Crippen molar-refractivity contribution in [2.75, 3.05) is 11.9 Å². The lowest BCUT2D eigenvalue weighted by Gasteiger charge is -2.27. The normalized spacial score (nSPS) is 26.0. The van der Waals surface area contributed by atoms with E-state index in [1.54, 1.807) is 11.9 Å². The number of carbonyl (C=O) groups excluding carboxylic acids is 1. The van der Waals surface area contributed by atoms with Gasteiger partial charge in [-0.25, -0.2) is 0 Å². The molecule has 1 saturated heterocycles. The summed E-state index contributed by atoms with van der Waals surface area (Å²) in [5.41, 5.74) is 1.72. The Kier molecular flexibility index (Phi) is 2.74. The van der Waals surface area contributed by atoms with Gasteiger partial charge in [0, 0.05) is 18.3 Å². The summed E-state index contributed by atoms with van der Waals surface area (Å²) in [4.78, 5) is 14.7. The van der Waals surface area contributed by atoms with Crippen LogP contribution in [0.2, 0.25) is 0 Å². The third kappa shape index (κ3) is 1.57. The summed E-state index contributed by atoms with van der Waals surface area (Å²) in [7, 11) is 1.78. The van der Waals surface area contributed by atoms with Gasteiger partial charge in [0.05, 0.1) is 0 Å². The molecule has 2 heterocycles. The van der Waals surface area contributed by atoms with E-state index in [0.29, 0.717) is 0 Å². The maximum Gasteiger partial charge on any atom is 0.261 e. The van der Waals surface area contributed by atoms with Gasteiger partial charge in [0.25, 0.3) is 11.1 Å². The minimum atomic E-state index is -0.982. The lowest BCUT2D eigenvalue weighted by atomic mass is 9.83. The lowest BCUT2D eigenvalue weighted by Crippen LogP contribution is -2.49. The predicted molar refractivity (Wildman–Crippen MR) is 87.5 cm³/mol. The number of likely N-dealkylation sites (N-methyl/N-ethyl adjacent to an activating group) is 1. The third-order valence-electron chi connectivity index (χ3n) is 4.35. The van der Waals surface area contributed by atoms with Crippen LogP contribution in [0.15, 0.2) is 54.6 Å². The summed E-state index contributed by atoms with van der Waals surface area (Å²) in [6.45, 7) is 0. The van der Waals surface area contributed by atoms with Gasteiger partial charge in [0.1, 0.15) is 0 Å². The van der Waals surface area contributed by atoms with Crippen molar-refractivity contribution in [3.63, 3.8) is 0 Å². The molecule has 2 aliphatic heterocycles. The quantitative estimate of drug-likeness (QED) is 0.822. The summed E-state index contributed by atoms with van der Waals surface area (Å²) in [6, 6.07) is 17.5. The molecule has 110 valence electrons. The van der Waals surface area contributed by atoms with Crippen molar-refractivity contribution in [2.45, 2.75) is 11.6 Å². The fraction of sp³-hybridized carbons (Fsp3) is 0.176. The molecule has 4 nitrogen and oxygen atoms in total. The molecule has 4 rings (SSSR count). The Morgan fingerprint density at radius 2 is 1.82 bits per heavy atom. The SMILES string of the molecule is CN1C(=O)[C@]2(NC(=S)O[C@H]2c2ccccc2)c2ccccc21. The average molecular weight is 310 g/mol. The summed E-state index contributed by atoms with van der Waals surface area (Å²) < 4.78 is 5.83. The lowest BCUT2D eigenvalue weighted by molar-refractivity contribution is -0.125. The van der Waals surface area contributed by atoms with Crippen molar-refractivity contribution in [3.8, 4) is 0 Å². The molecule has 2 atom stereocenters. The fourth-order valence-electron chi connectivity index (χ4n) is 3.36. The number of fused-ring (bicyclic) bond motifs is 2. The van der Waals surface area contributed by atoms with Crippen LogP contribution in [0.1, 0.15) is 17.2 Å². The van der Waals surface area contributed by atoms with E-state index < -0.39 is 11.6 Å². The molecule has 0 aromatic heterocycles. The summed E-state index contributed by atoms with van der Waals surface area (Å²) in [6.07, 6.45) is -0.472. The first-order valence-corrected chi connectivity index (χ1v) is 7.47. The molecule has 22 heavy (non-hydrogen) atoms. The first-order valence-electron chi connectivity index (χ1n) is 7.06. The zero-order valence-electron chi connectivity index (χ0n) is 11.9. The van der Waals surface area contributed by atoms with Gasteiger partial charge in [-0.15, -0.1) is 0 Å². The number of ether oxygens (including phenoxy) is 1. The number of hydrogen-bond acceptors (Lipinski definition) is 3. The minimum Gasteiger partial charge on any atom is -0.459 e. The topological polar surface area (TPSA) is 41.6 Å². The van der Waals surface area contributed by atoms with Gasteiger partial charge in [0.2, 0.25) is 0 Å². The number of rotatable bonds is 1. The zero-order valence-corrected chi connectivity index (χ0v) is 12.8. The van der Waals surface area contributed by atoms with Crippen molar-refractivity contribution in [2.24, 2.45) is 0 Å². The van der Waals surface area contributed by atoms with E-state index in [2.05, 4.69) is 5.32 Å². The monoisotopic (exact) mass is 310 g/mol. The second kappa shape index (κ2) is 4.55. The van der Waals surface area contributed by atoms with Gasteiger partial charge < -0.3 is 15.0 Å². The smallest absolute Gasteiger partial charge is 0.261 e. The Balaban J connectivity index is 1.95. The molecule has 1 N–H and O–H groups in total. The van der Waals surface area contributed by atoms with E-state index in [9.17, 15) is 4.79 Å². The summed E-state index contributed by atoms with van der Waals surface area (Å²) in [5.74, 6) is -0.0533. The molecule has 1 fully saturated rings. The van der Waals surface area contributed by atoms with E-state index in [1.807, 2.05) is 54.6 Å². The van der Waals surface area contributed by atoms with Gasteiger partial charge in [-0.1, -0.05) is 48.5 Å². The van der Waals surface area contributed by atoms with Crippen molar-refractivity contribution < 1.29 is 9.53 Å². The first kappa shape index (κ1) is 13.3. The number of nitrogens with zero attached hydrogens (tertiary/aromatic N) is 1. The molecule has 2 aromatic rings. The van der Waals surface area contributed by atoms with Crippen LogP contribution in [0.3, 0.4) is 0 Å². The van der Waals surface area contributed by atoms with Crippen LogP contribution >= 0.6 is 12.2 Å². The molecular weight excluding hydrogens is 296 g/mol. The number of nitrogens with one attached hydrogen (secondary N) is 1. The molecule has 0 aliphatic carbocycles. The van der Waals surface area contributed by atoms with E-state index in [4.69, 9.17) is 17.0 Å². The summed E-state index contributed by atoms with van der Waals surface area (Å²) >= 11 is 5.22. The molecular formula is C17H14N2O2S. The van der Waals surface area contributed by atoms with Crippen LogP contribution in [0.25, 0.3) is 0 Å². The molecule has 1 spiro atoms. The van der Waals surface area contributed by atoms with Crippen LogP contribution in [-0.2, 0) is 15.1 Å². The maximum absolute atomic E-state index is 13.0. The third-order valence-corrected chi connectivity index (χ3v) is 4.55. The molecule has 0 bridgehead atoms. The fourth-order valence-corrected chi connectivity index (χ4v) is 3.62. The second-order valence-electron chi connectivity index (χ2n) is 5.51. The number of thiocarbonyl (C=S) groups is 1. The zero-order chi connectivity index (χ0) is 15.3. The second-order valence-corrected chi connectivity index (χ2v) is 5.88. The highest BCUT2D eigenvalue weighted by molar-refractivity contribution is 7.80. The molecule has 0 radical (unpaired) electrons. The van der Waals surface area contributed by atoms with Crippen LogP contribution in [0, 0.1) is 0 Å². The van der Waals surface area contributed by atoms with Crippen molar-refractivity contribution >= 4 is 29.0 Å². The molecule has 5 heteroatoms. The highest BCUT2D eigenvalue weighted by atomic mass is 32.1. The number of hydrogen-bond donors (Lipinski definition) is 1. The van der Waals surface area contributed by atoms with E-state index in [-0.39, 0.29) is 11.1 Å². The number of anilines is 1. The van der Waals surface area contributed by atoms with Crippen molar-refractivity contribution in [1.82, 2.24) is 5.32 Å². The van der Waals surface area contributed by atoms with Gasteiger partial charge in [-0.3, -0.25) is 4.79 Å². The molecule has 0 saturated carbocycles. The Hall–Kier alpha value is -2.40. The number of para-hydroxylation sites is 1. The Bertz CT molecular complexity index is 777. The van der Waals surface area contributed by atoms with Crippen molar-refractivity contribution in [3.05, 3.63) is 65.7 Å². The van der Waals surface area contributed by atoms with Crippen LogP contribution in [0.5, 0.6) is 0 Å². The van der Waals surface area contributed by atoms with Gasteiger partial charge >= 0.3 is 0 Å². The number of carbonyl (C=O) groups is 1.